The van der Waals surface area contributed by atoms with E-state index < -0.39 is 12.6 Å². The lowest BCUT2D eigenvalue weighted by molar-refractivity contribution is -0.344. The van der Waals surface area contributed by atoms with Crippen LogP contribution in [0.5, 0.6) is 0 Å². The number of aryl methyl sites for hydroxylation is 1. The van der Waals surface area contributed by atoms with Gasteiger partial charge in [-0.25, -0.2) is 4.79 Å². The lowest BCUT2D eigenvalue weighted by atomic mass is 10.1. The van der Waals surface area contributed by atoms with E-state index in [1.54, 1.807) is 18.2 Å². The predicted molar refractivity (Wildman–Crippen MR) is 48.3 cm³/mol. The van der Waals surface area contributed by atoms with Gasteiger partial charge in [0.05, 0.1) is 5.56 Å². The van der Waals surface area contributed by atoms with Crippen molar-refractivity contribution in [2.75, 3.05) is 0 Å². The third-order valence-corrected chi connectivity index (χ3v) is 1.81. The molecule has 0 saturated carbocycles. The minimum absolute atomic E-state index is 0.237. The molecule has 0 aliphatic rings. The molecule has 0 aromatic heterocycles. The largest absolute Gasteiger partial charge is 0.381 e. The van der Waals surface area contributed by atoms with Crippen molar-refractivity contribution in [2.45, 2.75) is 20.0 Å². The van der Waals surface area contributed by atoms with Crippen molar-refractivity contribution >= 4 is 5.97 Å². The molecule has 0 aliphatic carbocycles. The van der Waals surface area contributed by atoms with Gasteiger partial charge in [0.15, 0.2) is 0 Å². The first-order valence-corrected chi connectivity index (χ1v) is 4.39. The van der Waals surface area contributed by atoms with Gasteiger partial charge >= 0.3 is 12.6 Å². The van der Waals surface area contributed by atoms with Crippen molar-refractivity contribution in [1.29, 1.82) is 0 Å². The van der Waals surface area contributed by atoms with E-state index in [-0.39, 0.29) is 5.56 Å². The monoisotopic (exact) mass is 216 g/mol. The molecule has 0 spiro atoms. The average Bonchev–Trinajstić information content (AvgIpc) is 2.25. The van der Waals surface area contributed by atoms with Crippen molar-refractivity contribution in [3.8, 4) is 0 Å². The van der Waals surface area contributed by atoms with E-state index in [1.165, 1.54) is 6.07 Å². The summed E-state index contributed by atoms with van der Waals surface area (Å²) in [5.41, 5.74) is 0.959. The van der Waals surface area contributed by atoms with Gasteiger partial charge in [-0.2, -0.15) is 8.78 Å². The average molecular weight is 216 g/mol. The van der Waals surface area contributed by atoms with E-state index in [9.17, 15) is 13.6 Å². The maximum absolute atomic E-state index is 11.6. The van der Waals surface area contributed by atoms with Gasteiger partial charge in [-0.3, -0.25) is 4.89 Å². The fourth-order valence-corrected chi connectivity index (χ4v) is 1.15. The molecule has 0 radical (unpaired) electrons. The van der Waals surface area contributed by atoms with E-state index in [0.29, 0.717) is 6.42 Å². The van der Waals surface area contributed by atoms with Crippen LogP contribution in [0, 0.1) is 0 Å². The number of hydrogen-bond donors (Lipinski definition) is 0. The Hall–Kier alpha value is -1.49. The zero-order chi connectivity index (χ0) is 11.3. The van der Waals surface area contributed by atoms with Crippen LogP contribution in [0.25, 0.3) is 0 Å². The van der Waals surface area contributed by atoms with E-state index in [2.05, 4.69) is 9.78 Å². The van der Waals surface area contributed by atoms with Crippen LogP contribution < -0.4 is 0 Å². The lowest BCUT2D eigenvalue weighted by Gasteiger charge is -2.05. The zero-order valence-electron chi connectivity index (χ0n) is 8.07. The van der Waals surface area contributed by atoms with Crippen LogP contribution in [0.15, 0.2) is 24.3 Å². The third kappa shape index (κ3) is 3.28. The van der Waals surface area contributed by atoms with Crippen LogP contribution >= 0.6 is 0 Å². The van der Waals surface area contributed by atoms with E-state index >= 15 is 0 Å². The highest BCUT2D eigenvalue weighted by Crippen LogP contribution is 2.11. The zero-order valence-corrected chi connectivity index (χ0v) is 8.07. The van der Waals surface area contributed by atoms with Crippen molar-refractivity contribution in [3.05, 3.63) is 35.4 Å². The summed E-state index contributed by atoms with van der Waals surface area (Å²) in [4.78, 5) is 18.7. The smallest absolute Gasteiger partial charge is 0.287 e. The number of alkyl halides is 2. The van der Waals surface area contributed by atoms with Crippen LogP contribution in [0.2, 0.25) is 0 Å². The van der Waals surface area contributed by atoms with Gasteiger partial charge < -0.3 is 0 Å². The molecule has 0 heterocycles. The molecule has 5 heteroatoms. The highest BCUT2D eigenvalue weighted by atomic mass is 19.3. The maximum atomic E-state index is 11.6. The van der Waals surface area contributed by atoms with Crippen molar-refractivity contribution in [3.63, 3.8) is 0 Å². The molecule has 1 aromatic carbocycles. The van der Waals surface area contributed by atoms with E-state index in [4.69, 9.17) is 0 Å². The predicted octanol–water partition coefficient (Wildman–Crippen LogP) is 2.56. The topological polar surface area (TPSA) is 35.5 Å². The fraction of sp³-hybridized carbons (Fsp3) is 0.300. The Balaban J connectivity index is 2.72. The molecular formula is C10H10F2O3. The Bertz CT molecular complexity index is 339. The minimum Gasteiger partial charge on any atom is -0.287 e. The number of benzene rings is 1. The number of hydrogen-bond acceptors (Lipinski definition) is 3. The lowest BCUT2D eigenvalue weighted by Crippen LogP contribution is -2.11. The van der Waals surface area contributed by atoms with Crippen LogP contribution in [0.1, 0.15) is 22.8 Å². The van der Waals surface area contributed by atoms with Crippen molar-refractivity contribution in [1.82, 2.24) is 0 Å². The summed E-state index contributed by atoms with van der Waals surface area (Å²) in [6.07, 6.45) is 0.611. The minimum atomic E-state index is -3.12. The molecule has 0 saturated heterocycles. The first-order valence-electron chi connectivity index (χ1n) is 4.39. The van der Waals surface area contributed by atoms with Gasteiger partial charge in [0.2, 0.25) is 0 Å². The Labute approximate surface area is 85.5 Å². The first kappa shape index (κ1) is 11.6. The second-order valence-electron chi connectivity index (χ2n) is 2.74. The summed E-state index contributed by atoms with van der Waals surface area (Å²) in [5, 5.41) is 0. The highest BCUT2D eigenvalue weighted by Gasteiger charge is 2.14. The molecule has 0 aliphatic heterocycles. The molecule has 1 aromatic rings. The van der Waals surface area contributed by atoms with Gasteiger partial charge in [0.25, 0.3) is 0 Å². The van der Waals surface area contributed by atoms with Gasteiger partial charge in [-0.1, -0.05) is 25.1 Å². The molecule has 1 rings (SSSR count). The van der Waals surface area contributed by atoms with Crippen LogP contribution in [-0.4, -0.2) is 12.6 Å². The molecule has 0 amide bonds. The molecule has 0 N–H and O–H groups in total. The van der Waals surface area contributed by atoms with Gasteiger partial charge in [0, 0.05) is 0 Å². The normalized spacial score (nSPS) is 10.4. The van der Waals surface area contributed by atoms with Gasteiger partial charge in [0.1, 0.15) is 0 Å². The first-order chi connectivity index (χ1) is 7.15. The summed E-state index contributed by atoms with van der Waals surface area (Å²) < 4.78 is 23.2. The highest BCUT2D eigenvalue weighted by molar-refractivity contribution is 5.90. The van der Waals surface area contributed by atoms with Crippen LogP contribution in [0.3, 0.4) is 0 Å². The Kier molecular flexibility index (Phi) is 4.17. The number of rotatable bonds is 4. The summed E-state index contributed by atoms with van der Waals surface area (Å²) in [6.45, 7) is -1.28. The number of halogens is 2. The standard InChI is InChI=1S/C10H10F2O3/c1-2-7-5-3-4-6-8(7)9(13)14-15-10(11)12/h3-6,10H,2H2,1H3. The Morgan fingerprint density at radius 1 is 1.40 bits per heavy atom. The molecule has 3 nitrogen and oxygen atoms in total. The molecule has 0 atom stereocenters. The molecular weight excluding hydrogens is 206 g/mol. The Morgan fingerprint density at radius 3 is 2.67 bits per heavy atom. The van der Waals surface area contributed by atoms with Crippen molar-refractivity contribution in [2.24, 2.45) is 0 Å². The fourth-order valence-electron chi connectivity index (χ4n) is 1.15. The second kappa shape index (κ2) is 5.41. The van der Waals surface area contributed by atoms with Crippen LogP contribution in [-0.2, 0) is 16.2 Å². The third-order valence-electron chi connectivity index (χ3n) is 1.81. The van der Waals surface area contributed by atoms with Crippen LogP contribution in [0.4, 0.5) is 8.78 Å². The molecule has 0 fully saturated rings. The van der Waals surface area contributed by atoms with Crippen molar-refractivity contribution < 1.29 is 23.4 Å². The van der Waals surface area contributed by atoms with Gasteiger partial charge in [-0.15, -0.1) is 4.89 Å². The van der Waals surface area contributed by atoms with E-state index in [0.717, 1.165) is 5.56 Å². The van der Waals surface area contributed by atoms with E-state index in [1.807, 2.05) is 6.92 Å². The summed E-state index contributed by atoms with van der Waals surface area (Å²) in [6, 6.07) is 6.59. The summed E-state index contributed by atoms with van der Waals surface area (Å²) in [5.74, 6) is -0.909. The maximum Gasteiger partial charge on any atom is 0.381 e. The molecule has 0 bridgehead atoms. The number of carbonyl (C=O) groups excluding carboxylic acids is 1. The Morgan fingerprint density at radius 2 is 2.07 bits per heavy atom. The quantitative estimate of drug-likeness (QED) is 0.573. The SMILES string of the molecule is CCc1ccccc1C(=O)OOC(F)F. The second-order valence-corrected chi connectivity index (χ2v) is 2.74. The molecule has 15 heavy (non-hydrogen) atoms. The molecule has 0 unspecified atom stereocenters. The number of carbonyl (C=O) groups is 1. The summed E-state index contributed by atoms with van der Waals surface area (Å²) in [7, 11) is 0. The summed E-state index contributed by atoms with van der Waals surface area (Å²) >= 11 is 0. The van der Waals surface area contributed by atoms with Gasteiger partial charge in [-0.05, 0) is 18.1 Å². The molecule has 82 valence electrons.